The first-order valence-corrected chi connectivity index (χ1v) is 12.1. The lowest BCUT2D eigenvalue weighted by atomic mass is 9.69. The molecular formula is C25H31N3O3. The van der Waals surface area contributed by atoms with E-state index in [1.165, 1.54) is 51.4 Å². The van der Waals surface area contributed by atoms with E-state index in [9.17, 15) is 14.7 Å². The number of fused-ring (bicyclic) bond motifs is 5. The van der Waals surface area contributed by atoms with Gasteiger partial charge >= 0.3 is 5.97 Å². The highest BCUT2D eigenvalue weighted by Gasteiger charge is 2.49. The lowest BCUT2D eigenvalue weighted by Crippen LogP contribution is -2.51. The summed E-state index contributed by atoms with van der Waals surface area (Å²) >= 11 is 0. The third kappa shape index (κ3) is 3.13. The van der Waals surface area contributed by atoms with Crippen molar-refractivity contribution in [2.75, 3.05) is 0 Å². The van der Waals surface area contributed by atoms with Crippen LogP contribution in [0.1, 0.15) is 80.7 Å². The van der Waals surface area contributed by atoms with Gasteiger partial charge in [0.1, 0.15) is 0 Å². The van der Waals surface area contributed by atoms with E-state index in [0.717, 1.165) is 30.2 Å². The maximum absolute atomic E-state index is 13.3. The summed E-state index contributed by atoms with van der Waals surface area (Å²) in [4.78, 5) is 32.1. The first-order chi connectivity index (χ1) is 15.1. The highest BCUT2D eigenvalue weighted by atomic mass is 16.4. The maximum Gasteiger partial charge on any atom is 0.360 e. The monoisotopic (exact) mass is 421 g/mol. The summed E-state index contributed by atoms with van der Waals surface area (Å²) in [7, 11) is 0. The Morgan fingerprint density at radius 2 is 1.65 bits per heavy atom. The summed E-state index contributed by atoms with van der Waals surface area (Å²) in [6.07, 6.45) is 12.6. The molecule has 4 bridgehead atoms. The fourth-order valence-corrected chi connectivity index (χ4v) is 7.61. The van der Waals surface area contributed by atoms with Crippen molar-refractivity contribution in [1.82, 2.24) is 14.5 Å². The summed E-state index contributed by atoms with van der Waals surface area (Å²) in [5.41, 5.74) is 0.582. The zero-order valence-corrected chi connectivity index (χ0v) is 17.9. The molecule has 6 heteroatoms. The van der Waals surface area contributed by atoms with Crippen molar-refractivity contribution in [2.24, 2.45) is 11.8 Å². The molecule has 31 heavy (non-hydrogen) atoms. The third-order valence-corrected chi connectivity index (χ3v) is 8.65. The first-order valence-electron chi connectivity index (χ1n) is 12.1. The van der Waals surface area contributed by atoms with Gasteiger partial charge in [-0.15, -0.1) is 0 Å². The average Bonchev–Trinajstić information content (AvgIpc) is 2.98. The summed E-state index contributed by atoms with van der Waals surface area (Å²) in [6.45, 7) is 0. The Labute approximate surface area is 182 Å². The smallest absolute Gasteiger partial charge is 0.360 e. The van der Waals surface area contributed by atoms with E-state index in [0.29, 0.717) is 23.6 Å². The van der Waals surface area contributed by atoms with Gasteiger partial charge < -0.3 is 5.11 Å². The van der Waals surface area contributed by atoms with Gasteiger partial charge in [-0.3, -0.25) is 14.3 Å². The van der Waals surface area contributed by atoms with Gasteiger partial charge in [0.2, 0.25) is 5.69 Å². The molecule has 0 spiro atoms. The number of carboxylic acids is 1. The zero-order valence-electron chi connectivity index (χ0n) is 17.9. The van der Waals surface area contributed by atoms with E-state index in [4.69, 9.17) is 0 Å². The predicted molar refractivity (Wildman–Crippen MR) is 118 cm³/mol. The fourth-order valence-electron chi connectivity index (χ4n) is 7.61. The van der Waals surface area contributed by atoms with Gasteiger partial charge in [-0.25, -0.2) is 9.78 Å². The SMILES string of the molecule is O=C(O)c1nc2ccccc2n([C@@H]2C[C@@H]3CCC[C@H]2N3C2CC3CCCC(C3)C2)c1=O. The number of hydrogen-bond acceptors (Lipinski definition) is 4. The molecular weight excluding hydrogens is 390 g/mol. The van der Waals surface area contributed by atoms with Crippen LogP contribution in [0.25, 0.3) is 11.0 Å². The summed E-state index contributed by atoms with van der Waals surface area (Å²) < 4.78 is 1.80. The second-order valence-electron chi connectivity index (χ2n) is 10.4. The normalized spacial score (nSPS) is 35.4. The average molecular weight is 422 g/mol. The molecule has 0 radical (unpaired) electrons. The van der Waals surface area contributed by atoms with Crippen LogP contribution in [0.3, 0.4) is 0 Å². The van der Waals surface area contributed by atoms with Gasteiger partial charge in [0.15, 0.2) is 0 Å². The Morgan fingerprint density at radius 1 is 0.903 bits per heavy atom. The van der Waals surface area contributed by atoms with Gasteiger partial charge in [0.25, 0.3) is 5.56 Å². The van der Waals surface area contributed by atoms with Crippen LogP contribution in [0.5, 0.6) is 0 Å². The van der Waals surface area contributed by atoms with Crippen molar-refractivity contribution in [1.29, 1.82) is 0 Å². The Hall–Kier alpha value is -2.21. The predicted octanol–water partition coefficient (Wildman–Crippen LogP) is 4.23. The van der Waals surface area contributed by atoms with Gasteiger partial charge in [0, 0.05) is 18.1 Å². The molecule has 3 heterocycles. The fraction of sp³-hybridized carbons (Fsp3) is 0.640. The Balaban J connectivity index is 1.42. The molecule has 5 atom stereocenters. The van der Waals surface area contributed by atoms with Gasteiger partial charge in [-0.05, 0) is 62.5 Å². The quantitative estimate of drug-likeness (QED) is 0.803. The van der Waals surface area contributed by atoms with Crippen molar-refractivity contribution >= 4 is 17.0 Å². The minimum absolute atomic E-state index is 0.0350. The zero-order chi connectivity index (χ0) is 21.1. The molecule has 1 N–H and O–H groups in total. The van der Waals surface area contributed by atoms with E-state index in [-0.39, 0.29) is 11.7 Å². The van der Waals surface area contributed by atoms with Gasteiger partial charge in [0.05, 0.1) is 17.1 Å². The van der Waals surface area contributed by atoms with E-state index in [1.54, 1.807) is 4.57 Å². The number of carboxylic acid groups (broad SMARTS) is 1. The maximum atomic E-state index is 13.3. The molecule has 2 aliphatic carbocycles. The van der Waals surface area contributed by atoms with E-state index >= 15 is 0 Å². The Morgan fingerprint density at radius 3 is 2.42 bits per heavy atom. The molecule has 1 aromatic carbocycles. The molecule has 4 aliphatic rings. The molecule has 164 valence electrons. The lowest BCUT2D eigenvalue weighted by Gasteiger charge is -2.48. The highest BCUT2D eigenvalue weighted by molar-refractivity contribution is 5.88. The second-order valence-corrected chi connectivity index (χ2v) is 10.4. The summed E-state index contributed by atoms with van der Waals surface area (Å²) in [6, 6.07) is 9.02. The van der Waals surface area contributed by atoms with Crippen LogP contribution in [-0.4, -0.2) is 43.7 Å². The Bertz CT molecular complexity index is 1070. The number of benzene rings is 1. The molecule has 6 nitrogen and oxygen atoms in total. The largest absolute Gasteiger partial charge is 0.476 e. The van der Waals surface area contributed by atoms with Crippen LogP contribution < -0.4 is 5.56 Å². The highest BCUT2D eigenvalue weighted by Crippen LogP contribution is 2.49. The lowest BCUT2D eigenvalue weighted by molar-refractivity contribution is 0.0158. The molecule has 2 saturated carbocycles. The molecule has 2 saturated heterocycles. The van der Waals surface area contributed by atoms with E-state index in [2.05, 4.69) is 9.88 Å². The second kappa shape index (κ2) is 7.44. The first kappa shape index (κ1) is 19.5. The van der Waals surface area contributed by atoms with E-state index < -0.39 is 11.5 Å². The molecule has 0 amide bonds. The standard InChI is InChI=1S/C25H31N3O3/c29-24-23(25(30)31)26-19-8-1-2-9-20(19)28(24)22-14-17-7-4-10-21(22)27(17)18-12-15-5-3-6-16(11-15)13-18/h1-2,8-9,15-18,21-22H,3-7,10-14H2,(H,30,31)/t15?,16?,17-,18?,21+,22+/m0/s1. The topological polar surface area (TPSA) is 75.4 Å². The van der Waals surface area contributed by atoms with Crippen molar-refractivity contribution in [2.45, 2.75) is 88.4 Å². The molecule has 2 aromatic rings. The van der Waals surface area contributed by atoms with Crippen LogP contribution in [0, 0.1) is 11.8 Å². The van der Waals surface area contributed by atoms with Crippen LogP contribution in [0.4, 0.5) is 0 Å². The van der Waals surface area contributed by atoms with Crippen LogP contribution in [0.15, 0.2) is 29.1 Å². The molecule has 2 aliphatic heterocycles. The summed E-state index contributed by atoms with van der Waals surface area (Å²) in [5, 5.41) is 9.64. The van der Waals surface area contributed by atoms with E-state index in [1.807, 2.05) is 24.3 Å². The van der Waals surface area contributed by atoms with Crippen LogP contribution in [0.2, 0.25) is 0 Å². The molecule has 4 fully saturated rings. The molecule has 6 rings (SSSR count). The number of aromatic carboxylic acids is 1. The number of nitrogens with zero attached hydrogens (tertiary/aromatic N) is 3. The van der Waals surface area contributed by atoms with Crippen molar-refractivity contribution in [3.8, 4) is 0 Å². The van der Waals surface area contributed by atoms with Gasteiger partial charge in [-0.1, -0.05) is 37.8 Å². The third-order valence-electron chi connectivity index (χ3n) is 8.65. The van der Waals surface area contributed by atoms with Crippen LogP contribution >= 0.6 is 0 Å². The van der Waals surface area contributed by atoms with Gasteiger partial charge in [-0.2, -0.15) is 0 Å². The number of rotatable bonds is 3. The molecule has 1 aromatic heterocycles. The van der Waals surface area contributed by atoms with Crippen LogP contribution in [-0.2, 0) is 0 Å². The number of aromatic nitrogens is 2. The summed E-state index contributed by atoms with van der Waals surface area (Å²) in [5.74, 6) is 0.517. The minimum Gasteiger partial charge on any atom is -0.476 e. The van der Waals surface area contributed by atoms with Crippen molar-refractivity contribution in [3.63, 3.8) is 0 Å². The van der Waals surface area contributed by atoms with Crippen molar-refractivity contribution in [3.05, 3.63) is 40.3 Å². The molecule has 2 unspecified atom stereocenters. The minimum atomic E-state index is -1.23. The number of hydrogen-bond donors (Lipinski definition) is 1. The number of carbonyl (C=O) groups is 1. The Kier molecular flexibility index (Phi) is 4.67. The number of piperidine rings is 1. The number of para-hydroxylation sites is 2. The van der Waals surface area contributed by atoms with Crippen molar-refractivity contribution < 1.29 is 9.90 Å².